The van der Waals surface area contributed by atoms with Crippen molar-refractivity contribution in [3.8, 4) is 0 Å². The van der Waals surface area contributed by atoms with Crippen molar-refractivity contribution < 1.29 is 13.6 Å². The maximum atomic E-state index is 13.7. The third-order valence-electron chi connectivity index (χ3n) is 3.49. The van der Waals surface area contributed by atoms with Gasteiger partial charge >= 0.3 is 0 Å². The molecule has 1 aliphatic heterocycles. The van der Waals surface area contributed by atoms with Gasteiger partial charge in [0.15, 0.2) is 0 Å². The zero-order valence-electron chi connectivity index (χ0n) is 10.6. The van der Waals surface area contributed by atoms with Gasteiger partial charge in [-0.15, -0.1) is 0 Å². The Balaban J connectivity index is 2.05. The van der Waals surface area contributed by atoms with E-state index >= 15 is 0 Å². The van der Waals surface area contributed by atoms with Crippen LogP contribution < -0.4 is 10.6 Å². The van der Waals surface area contributed by atoms with Crippen molar-refractivity contribution in [2.75, 3.05) is 17.2 Å². The largest absolute Gasteiger partial charge is 0.398 e. The second-order valence-corrected chi connectivity index (χ2v) is 4.65. The van der Waals surface area contributed by atoms with Crippen LogP contribution in [-0.4, -0.2) is 12.5 Å². The monoisotopic (exact) mass is 274 g/mol. The van der Waals surface area contributed by atoms with Crippen LogP contribution in [0, 0.1) is 11.6 Å². The van der Waals surface area contributed by atoms with E-state index < -0.39 is 23.1 Å². The first-order valence-corrected chi connectivity index (χ1v) is 6.23. The Morgan fingerprint density at radius 3 is 2.45 bits per heavy atom. The average Bonchev–Trinajstić information content (AvgIpc) is 2.83. The molecule has 0 saturated heterocycles. The Kier molecular flexibility index (Phi) is 2.89. The standard InChI is InChI=1S/C15H12F2N2O/c16-10-3-1-4-11(17)14(10)15(20)19-8-7-9-12(18)5-2-6-13(9)19/h1-6H,7-8,18H2. The molecule has 0 radical (unpaired) electrons. The van der Waals surface area contributed by atoms with E-state index in [4.69, 9.17) is 5.73 Å². The topological polar surface area (TPSA) is 46.3 Å². The predicted octanol–water partition coefficient (Wildman–Crippen LogP) is 2.75. The smallest absolute Gasteiger partial charge is 0.264 e. The molecule has 2 aromatic carbocycles. The molecule has 0 bridgehead atoms. The lowest BCUT2D eigenvalue weighted by Crippen LogP contribution is -2.30. The van der Waals surface area contributed by atoms with Crippen molar-refractivity contribution >= 4 is 17.3 Å². The van der Waals surface area contributed by atoms with Gasteiger partial charge < -0.3 is 10.6 Å². The lowest BCUT2D eigenvalue weighted by atomic mass is 10.1. The fourth-order valence-corrected chi connectivity index (χ4v) is 2.51. The lowest BCUT2D eigenvalue weighted by molar-refractivity contribution is 0.0981. The minimum atomic E-state index is -0.854. The lowest BCUT2D eigenvalue weighted by Gasteiger charge is -2.18. The zero-order valence-corrected chi connectivity index (χ0v) is 10.6. The van der Waals surface area contributed by atoms with Gasteiger partial charge in [0.05, 0.1) is 0 Å². The van der Waals surface area contributed by atoms with Gasteiger partial charge in [-0.2, -0.15) is 0 Å². The molecular formula is C15H12F2N2O. The third-order valence-corrected chi connectivity index (χ3v) is 3.49. The van der Waals surface area contributed by atoms with E-state index in [-0.39, 0.29) is 0 Å². The number of carbonyl (C=O) groups excluding carboxylic acids is 1. The fourth-order valence-electron chi connectivity index (χ4n) is 2.51. The summed E-state index contributed by atoms with van der Waals surface area (Å²) in [6.07, 6.45) is 0.587. The highest BCUT2D eigenvalue weighted by Crippen LogP contribution is 2.33. The van der Waals surface area contributed by atoms with E-state index in [1.54, 1.807) is 18.2 Å². The third kappa shape index (κ3) is 1.82. The number of nitrogens with zero attached hydrogens (tertiary/aromatic N) is 1. The SMILES string of the molecule is Nc1cccc2c1CCN2C(=O)c1c(F)cccc1F. The molecule has 0 spiro atoms. The molecule has 0 aromatic heterocycles. The van der Waals surface area contributed by atoms with E-state index in [0.29, 0.717) is 24.3 Å². The van der Waals surface area contributed by atoms with E-state index in [1.165, 1.54) is 11.0 Å². The fraction of sp³-hybridized carbons (Fsp3) is 0.133. The van der Waals surface area contributed by atoms with Crippen molar-refractivity contribution in [1.82, 2.24) is 0 Å². The van der Waals surface area contributed by atoms with Gasteiger partial charge in [0.25, 0.3) is 5.91 Å². The molecule has 0 fully saturated rings. The number of halogens is 2. The molecule has 1 heterocycles. The Bertz CT molecular complexity index is 680. The summed E-state index contributed by atoms with van der Waals surface area (Å²) in [6.45, 7) is 0.371. The summed E-state index contributed by atoms with van der Waals surface area (Å²) in [5, 5.41) is 0. The summed E-state index contributed by atoms with van der Waals surface area (Å²) in [4.78, 5) is 13.7. The number of benzene rings is 2. The summed E-state index contributed by atoms with van der Waals surface area (Å²) in [5.41, 5.74) is 7.38. The maximum absolute atomic E-state index is 13.7. The van der Waals surface area contributed by atoms with Gasteiger partial charge in [0.1, 0.15) is 17.2 Å². The van der Waals surface area contributed by atoms with E-state index in [9.17, 15) is 13.6 Å². The molecular weight excluding hydrogens is 262 g/mol. The van der Waals surface area contributed by atoms with Crippen LogP contribution in [0.15, 0.2) is 36.4 Å². The van der Waals surface area contributed by atoms with Crippen LogP contribution in [0.25, 0.3) is 0 Å². The number of rotatable bonds is 1. The van der Waals surface area contributed by atoms with Gasteiger partial charge in [0.2, 0.25) is 0 Å². The van der Waals surface area contributed by atoms with Crippen molar-refractivity contribution in [1.29, 1.82) is 0 Å². The molecule has 0 saturated carbocycles. The molecule has 5 heteroatoms. The number of fused-ring (bicyclic) bond motifs is 1. The van der Waals surface area contributed by atoms with E-state index in [1.807, 2.05) is 0 Å². The number of carbonyl (C=O) groups is 1. The second kappa shape index (κ2) is 4.59. The summed E-state index contributed by atoms with van der Waals surface area (Å²) < 4.78 is 27.4. The number of amides is 1. The summed E-state index contributed by atoms with van der Waals surface area (Å²) in [7, 11) is 0. The normalized spacial score (nSPS) is 13.4. The molecule has 0 atom stereocenters. The van der Waals surface area contributed by atoms with Crippen LogP contribution in [0.1, 0.15) is 15.9 Å². The van der Waals surface area contributed by atoms with Crippen molar-refractivity contribution in [3.05, 3.63) is 59.2 Å². The molecule has 1 amide bonds. The average molecular weight is 274 g/mol. The Morgan fingerprint density at radius 2 is 1.75 bits per heavy atom. The van der Waals surface area contributed by atoms with Gasteiger partial charge in [-0.3, -0.25) is 4.79 Å². The van der Waals surface area contributed by atoms with Crippen LogP contribution in [-0.2, 0) is 6.42 Å². The van der Waals surface area contributed by atoms with Crippen molar-refractivity contribution in [3.63, 3.8) is 0 Å². The maximum Gasteiger partial charge on any atom is 0.264 e. The van der Waals surface area contributed by atoms with E-state index in [2.05, 4.69) is 0 Å². The molecule has 3 nitrogen and oxygen atoms in total. The quantitative estimate of drug-likeness (QED) is 0.813. The summed E-state index contributed by atoms with van der Waals surface area (Å²) in [6, 6.07) is 8.58. The molecule has 3 rings (SSSR count). The Hall–Kier alpha value is -2.43. The van der Waals surface area contributed by atoms with Crippen LogP contribution in [0.3, 0.4) is 0 Å². The van der Waals surface area contributed by atoms with Crippen molar-refractivity contribution in [2.45, 2.75) is 6.42 Å². The van der Waals surface area contributed by atoms with Crippen LogP contribution in [0.2, 0.25) is 0 Å². The number of hydrogen-bond donors (Lipinski definition) is 1. The second-order valence-electron chi connectivity index (χ2n) is 4.65. The van der Waals surface area contributed by atoms with Gasteiger partial charge in [-0.25, -0.2) is 8.78 Å². The van der Waals surface area contributed by atoms with Gasteiger partial charge in [-0.05, 0) is 30.7 Å². The van der Waals surface area contributed by atoms with Crippen LogP contribution >= 0.6 is 0 Å². The molecule has 2 N–H and O–H groups in total. The molecule has 102 valence electrons. The molecule has 20 heavy (non-hydrogen) atoms. The first-order valence-electron chi connectivity index (χ1n) is 6.23. The van der Waals surface area contributed by atoms with Crippen LogP contribution in [0.4, 0.5) is 20.2 Å². The highest BCUT2D eigenvalue weighted by atomic mass is 19.1. The first kappa shape index (κ1) is 12.6. The highest BCUT2D eigenvalue weighted by molar-refractivity contribution is 6.08. The summed E-state index contributed by atoms with van der Waals surface area (Å²) >= 11 is 0. The molecule has 0 aliphatic carbocycles. The number of hydrogen-bond acceptors (Lipinski definition) is 2. The first-order chi connectivity index (χ1) is 9.59. The Labute approximate surface area is 114 Å². The van der Waals surface area contributed by atoms with Crippen molar-refractivity contribution in [2.24, 2.45) is 0 Å². The number of nitrogen functional groups attached to an aromatic ring is 1. The molecule has 2 aromatic rings. The minimum absolute atomic E-state index is 0.371. The minimum Gasteiger partial charge on any atom is -0.398 e. The van der Waals surface area contributed by atoms with E-state index in [0.717, 1.165) is 17.7 Å². The van der Waals surface area contributed by atoms with Gasteiger partial charge in [-0.1, -0.05) is 12.1 Å². The summed E-state index contributed by atoms with van der Waals surface area (Å²) in [5.74, 6) is -2.38. The van der Waals surface area contributed by atoms with Crippen LogP contribution in [0.5, 0.6) is 0 Å². The Morgan fingerprint density at radius 1 is 1.10 bits per heavy atom. The predicted molar refractivity (Wildman–Crippen MR) is 72.6 cm³/mol. The highest BCUT2D eigenvalue weighted by Gasteiger charge is 2.29. The number of anilines is 2. The molecule has 1 aliphatic rings. The van der Waals surface area contributed by atoms with Gasteiger partial charge in [0, 0.05) is 23.5 Å². The molecule has 0 unspecified atom stereocenters. The number of nitrogens with two attached hydrogens (primary N) is 1. The zero-order chi connectivity index (χ0) is 14.3.